The van der Waals surface area contributed by atoms with Gasteiger partial charge in [0.15, 0.2) is 0 Å². The van der Waals surface area contributed by atoms with Crippen LogP contribution < -0.4 is 0 Å². The summed E-state index contributed by atoms with van der Waals surface area (Å²) < 4.78 is 1.09. The molecule has 0 bridgehead atoms. The van der Waals surface area contributed by atoms with E-state index in [-0.39, 0.29) is 0 Å². The van der Waals surface area contributed by atoms with Crippen LogP contribution in [0.1, 0.15) is 27.9 Å². The van der Waals surface area contributed by atoms with E-state index in [1.54, 1.807) is 23.7 Å². The van der Waals surface area contributed by atoms with Crippen LogP contribution in [0.15, 0.2) is 37.7 Å². The third-order valence-electron chi connectivity index (χ3n) is 4.16. The largest absolute Gasteiger partial charge is 0.235 e. The average Bonchev–Trinajstić information content (AvgIpc) is 2.83. The van der Waals surface area contributed by atoms with E-state index < -0.39 is 0 Å². The van der Waals surface area contributed by atoms with Gasteiger partial charge < -0.3 is 0 Å². The summed E-state index contributed by atoms with van der Waals surface area (Å²) in [5.74, 6) is 0. The molecule has 1 aromatic carbocycles. The molecule has 0 aliphatic heterocycles. The first-order valence-electron chi connectivity index (χ1n) is 7.58. The Balaban J connectivity index is 2.35. The summed E-state index contributed by atoms with van der Waals surface area (Å²) >= 11 is 1.75. The maximum absolute atomic E-state index is 4.51. The van der Waals surface area contributed by atoms with E-state index in [2.05, 4.69) is 63.0 Å². The monoisotopic (exact) mass is 320 g/mol. The molecule has 3 heteroatoms. The Morgan fingerprint density at radius 2 is 1.74 bits per heavy atom. The van der Waals surface area contributed by atoms with Crippen molar-refractivity contribution in [2.45, 2.75) is 27.7 Å². The third kappa shape index (κ3) is 2.51. The van der Waals surface area contributed by atoms with Crippen LogP contribution in [0.25, 0.3) is 26.2 Å². The van der Waals surface area contributed by atoms with Crippen LogP contribution in [-0.4, -0.2) is 9.97 Å². The van der Waals surface area contributed by atoms with Gasteiger partial charge >= 0.3 is 0 Å². The first kappa shape index (κ1) is 15.6. The van der Waals surface area contributed by atoms with Crippen LogP contribution in [0.2, 0.25) is 0 Å². The second kappa shape index (κ2) is 5.74. The minimum absolute atomic E-state index is 0.836. The SMILES string of the molecule is C=CC(=C)c1ncnc2c(C)c(-c3c(C)cc(C)cc3C)sc12. The molecule has 2 heterocycles. The van der Waals surface area contributed by atoms with Gasteiger partial charge in [0.1, 0.15) is 6.33 Å². The number of aryl methyl sites for hydroxylation is 4. The number of benzene rings is 1. The molecule has 0 radical (unpaired) electrons. The maximum atomic E-state index is 4.51. The predicted molar refractivity (Wildman–Crippen MR) is 101 cm³/mol. The molecule has 2 aromatic heterocycles. The summed E-state index contributed by atoms with van der Waals surface area (Å²) in [6, 6.07) is 4.48. The highest BCUT2D eigenvalue weighted by molar-refractivity contribution is 7.22. The molecule has 0 saturated carbocycles. The zero-order valence-electron chi connectivity index (χ0n) is 14.0. The lowest BCUT2D eigenvalue weighted by Gasteiger charge is -2.10. The van der Waals surface area contributed by atoms with E-state index in [0.717, 1.165) is 21.5 Å². The molecule has 3 aromatic rings. The van der Waals surface area contributed by atoms with Crippen LogP contribution in [0.5, 0.6) is 0 Å². The van der Waals surface area contributed by atoms with Gasteiger partial charge in [-0.15, -0.1) is 11.3 Å². The third-order valence-corrected chi connectivity index (χ3v) is 5.46. The Hall–Kier alpha value is -2.26. The van der Waals surface area contributed by atoms with Crippen LogP contribution in [0.4, 0.5) is 0 Å². The fourth-order valence-corrected chi connectivity index (χ4v) is 4.59. The molecule has 0 fully saturated rings. The molecule has 2 nitrogen and oxygen atoms in total. The standard InChI is InChI=1S/C20H20N2S/c1-7-12(3)17-20-18(22-10-21-17)15(6)19(23-20)16-13(4)8-11(2)9-14(16)5/h7-10H,1,3H2,2,4-6H3. The Kier molecular flexibility index (Phi) is 3.90. The second-order valence-corrected chi connectivity index (χ2v) is 6.98. The molecule has 0 amide bonds. The van der Waals surface area contributed by atoms with E-state index in [0.29, 0.717) is 0 Å². The minimum Gasteiger partial charge on any atom is -0.235 e. The Morgan fingerprint density at radius 1 is 1.09 bits per heavy atom. The molecule has 0 atom stereocenters. The fraction of sp³-hybridized carbons (Fsp3) is 0.200. The number of aromatic nitrogens is 2. The summed E-state index contributed by atoms with van der Waals surface area (Å²) in [6.45, 7) is 16.5. The molecule has 0 spiro atoms. The van der Waals surface area contributed by atoms with Gasteiger partial charge in [-0.25, -0.2) is 9.97 Å². The van der Waals surface area contributed by atoms with Crippen molar-refractivity contribution in [3.05, 3.63) is 65.6 Å². The summed E-state index contributed by atoms with van der Waals surface area (Å²) in [7, 11) is 0. The molecule has 0 aliphatic carbocycles. The van der Waals surface area contributed by atoms with Gasteiger partial charge in [0.25, 0.3) is 0 Å². The van der Waals surface area contributed by atoms with Gasteiger partial charge in [0, 0.05) is 4.88 Å². The highest BCUT2D eigenvalue weighted by Gasteiger charge is 2.18. The van der Waals surface area contributed by atoms with Crippen LogP contribution in [0, 0.1) is 27.7 Å². The topological polar surface area (TPSA) is 25.8 Å². The van der Waals surface area contributed by atoms with Crippen molar-refractivity contribution in [2.24, 2.45) is 0 Å². The molecular formula is C20H20N2S. The van der Waals surface area contributed by atoms with Gasteiger partial charge in [-0.05, 0) is 55.5 Å². The number of thiophene rings is 1. The summed E-state index contributed by atoms with van der Waals surface area (Å²) in [5.41, 5.74) is 9.14. The molecule has 0 N–H and O–H groups in total. The van der Waals surface area contributed by atoms with E-state index in [9.17, 15) is 0 Å². The molecule has 0 saturated heterocycles. The lowest BCUT2D eigenvalue weighted by molar-refractivity contribution is 1.20. The lowest BCUT2D eigenvalue weighted by Crippen LogP contribution is -1.90. The zero-order valence-corrected chi connectivity index (χ0v) is 14.8. The van der Waals surface area contributed by atoms with Gasteiger partial charge in [-0.2, -0.15) is 0 Å². The Morgan fingerprint density at radius 3 is 2.35 bits per heavy atom. The molecule has 0 unspecified atom stereocenters. The predicted octanol–water partition coefficient (Wildman–Crippen LogP) is 5.79. The average molecular weight is 320 g/mol. The van der Waals surface area contributed by atoms with Crippen LogP contribution in [0.3, 0.4) is 0 Å². The number of fused-ring (bicyclic) bond motifs is 1. The van der Waals surface area contributed by atoms with Crippen molar-refractivity contribution in [1.82, 2.24) is 9.97 Å². The van der Waals surface area contributed by atoms with Crippen molar-refractivity contribution >= 4 is 27.1 Å². The molecule has 116 valence electrons. The Bertz CT molecular complexity index is 925. The lowest BCUT2D eigenvalue weighted by atomic mass is 9.97. The quantitative estimate of drug-likeness (QED) is 0.571. The smallest absolute Gasteiger partial charge is 0.116 e. The number of hydrogen-bond acceptors (Lipinski definition) is 3. The summed E-state index contributed by atoms with van der Waals surface area (Å²) in [6.07, 6.45) is 3.36. The van der Waals surface area contributed by atoms with E-state index in [4.69, 9.17) is 0 Å². The van der Waals surface area contributed by atoms with Crippen molar-refractivity contribution in [3.63, 3.8) is 0 Å². The first-order chi connectivity index (χ1) is 10.9. The van der Waals surface area contributed by atoms with Crippen molar-refractivity contribution < 1.29 is 0 Å². The van der Waals surface area contributed by atoms with Gasteiger partial charge in [0.05, 0.1) is 15.9 Å². The fourth-order valence-electron chi connectivity index (χ4n) is 3.13. The maximum Gasteiger partial charge on any atom is 0.116 e. The van der Waals surface area contributed by atoms with Crippen molar-refractivity contribution in [3.8, 4) is 10.4 Å². The molecule has 23 heavy (non-hydrogen) atoms. The van der Waals surface area contributed by atoms with Crippen LogP contribution >= 0.6 is 11.3 Å². The van der Waals surface area contributed by atoms with Crippen LogP contribution in [-0.2, 0) is 0 Å². The molecule has 3 rings (SSSR count). The van der Waals surface area contributed by atoms with E-state index in [1.807, 2.05) is 0 Å². The highest BCUT2D eigenvalue weighted by atomic mass is 32.1. The molecular weight excluding hydrogens is 300 g/mol. The van der Waals surface area contributed by atoms with Crippen molar-refractivity contribution in [2.75, 3.05) is 0 Å². The Labute approximate surface area is 141 Å². The normalized spacial score (nSPS) is 11.0. The van der Waals surface area contributed by atoms with Gasteiger partial charge in [0.2, 0.25) is 0 Å². The second-order valence-electron chi connectivity index (χ2n) is 5.96. The number of nitrogens with zero attached hydrogens (tertiary/aromatic N) is 2. The number of rotatable bonds is 3. The number of allylic oxidation sites excluding steroid dienone is 2. The summed E-state index contributed by atoms with van der Waals surface area (Å²) in [5, 5.41) is 0. The zero-order chi connectivity index (χ0) is 16.7. The minimum atomic E-state index is 0.836. The van der Waals surface area contributed by atoms with Gasteiger partial charge in [-0.1, -0.05) is 36.9 Å². The highest BCUT2D eigenvalue weighted by Crippen LogP contribution is 2.42. The first-order valence-corrected chi connectivity index (χ1v) is 8.39. The van der Waals surface area contributed by atoms with E-state index in [1.165, 1.54) is 32.7 Å². The van der Waals surface area contributed by atoms with Crippen molar-refractivity contribution in [1.29, 1.82) is 0 Å². The van der Waals surface area contributed by atoms with Gasteiger partial charge in [-0.3, -0.25) is 0 Å². The number of hydrogen-bond donors (Lipinski definition) is 0. The molecule has 0 aliphatic rings. The van der Waals surface area contributed by atoms with E-state index >= 15 is 0 Å². The summed E-state index contributed by atoms with van der Waals surface area (Å²) in [4.78, 5) is 10.2.